The number of hydrogen-bond donors (Lipinski definition) is 2. The van der Waals surface area contributed by atoms with Crippen molar-refractivity contribution in [2.24, 2.45) is 0 Å². The summed E-state index contributed by atoms with van der Waals surface area (Å²) in [7, 11) is 0. The summed E-state index contributed by atoms with van der Waals surface area (Å²) in [5, 5.41) is 19.7. The molecule has 1 aromatic rings. The van der Waals surface area contributed by atoms with E-state index in [1.165, 1.54) is 5.56 Å². The minimum atomic E-state index is -0.678. The van der Waals surface area contributed by atoms with Crippen molar-refractivity contribution in [1.82, 2.24) is 0 Å². The molecule has 0 bridgehead atoms. The molecule has 0 fully saturated rings. The van der Waals surface area contributed by atoms with Gasteiger partial charge >= 0.3 is 0 Å². The summed E-state index contributed by atoms with van der Waals surface area (Å²) in [6, 6.07) is 6.33. The smallest absolute Gasteiger partial charge is 0.122 e. The Balaban J connectivity index is 2.91. The lowest BCUT2D eigenvalue weighted by molar-refractivity contribution is 0.0129. The number of aryl methyl sites for hydroxylation is 1. The standard InChI is InChI=1S/C19H32O3/c1-6-12-22-18-11-9-15(19(3,4)5)13-14(18)8-10-17(21)16(20)7-2/h9,11,13,16-17,20-21H,6-8,10,12H2,1-5H3. The second-order valence-corrected chi connectivity index (χ2v) is 7.00. The third-order valence-electron chi connectivity index (χ3n) is 3.96. The van der Waals surface area contributed by atoms with E-state index < -0.39 is 12.2 Å². The lowest BCUT2D eigenvalue weighted by Crippen LogP contribution is -2.25. The number of hydrogen-bond acceptors (Lipinski definition) is 3. The maximum atomic E-state index is 9.98. The van der Waals surface area contributed by atoms with Crippen LogP contribution in [0.4, 0.5) is 0 Å². The largest absolute Gasteiger partial charge is 0.493 e. The van der Waals surface area contributed by atoms with Gasteiger partial charge in [0, 0.05) is 0 Å². The normalized spacial score (nSPS) is 14.7. The van der Waals surface area contributed by atoms with E-state index in [2.05, 4.69) is 39.8 Å². The second-order valence-electron chi connectivity index (χ2n) is 7.00. The van der Waals surface area contributed by atoms with Crippen LogP contribution in [-0.2, 0) is 11.8 Å². The Labute approximate surface area is 135 Å². The fraction of sp³-hybridized carbons (Fsp3) is 0.684. The molecule has 0 aromatic heterocycles. The summed E-state index contributed by atoms with van der Waals surface area (Å²) in [6.07, 6.45) is 1.47. The fourth-order valence-electron chi connectivity index (χ4n) is 2.36. The van der Waals surface area contributed by atoms with Gasteiger partial charge in [0.05, 0.1) is 18.8 Å². The van der Waals surface area contributed by atoms with Crippen LogP contribution in [0.1, 0.15) is 65.0 Å². The molecule has 2 N–H and O–H groups in total. The van der Waals surface area contributed by atoms with Crippen LogP contribution in [0.2, 0.25) is 0 Å². The zero-order chi connectivity index (χ0) is 16.8. The van der Waals surface area contributed by atoms with Crippen LogP contribution in [0.25, 0.3) is 0 Å². The van der Waals surface area contributed by atoms with E-state index >= 15 is 0 Å². The molecule has 0 amide bonds. The van der Waals surface area contributed by atoms with Gasteiger partial charge in [0.15, 0.2) is 0 Å². The minimum Gasteiger partial charge on any atom is -0.493 e. The molecule has 0 saturated heterocycles. The molecule has 0 aliphatic rings. The van der Waals surface area contributed by atoms with E-state index in [0.29, 0.717) is 25.9 Å². The van der Waals surface area contributed by atoms with Crippen molar-refractivity contribution in [3.05, 3.63) is 29.3 Å². The van der Waals surface area contributed by atoms with Crippen LogP contribution in [0.5, 0.6) is 5.75 Å². The molecule has 126 valence electrons. The first-order valence-electron chi connectivity index (χ1n) is 8.41. The van der Waals surface area contributed by atoms with Crippen LogP contribution in [0.15, 0.2) is 18.2 Å². The number of benzene rings is 1. The molecule has 3 nitrogen and oxygen atoms in total. The average molecular weight is 308 g/mol. The van der Waals surface area contributed by atoms with Gasteiger partial charge in [-0.15, -0.1) is 0 Å². The van der Waals surface area contributed by atoms with Crippen LogP contribution in [0.3, 0.4) is 0 Å². The molecule has 0 aliphatic carbocycles. The van der Waals surface area contributed by atoms with E-state index in [1.807, 2.05) is 13.0 Å². The number of aliphatic hydroxyl groups excluding tert-OH is 2. The summed E-state index contributed by atoms with van der Waals surface area (Å²) in [4.78, 5) is 0. The Bertz CT molecular complexity index is 448. The highest BCUT2D eigenvalue weighted by Gasteiger charge is 2.18. The van der Waals surface area contributed by atoms with E-state index in [4.69, 9.17) is 4.74 Å². The summed E-state index contributed by atoms with van der Waals surface area (Å²) in [6.45, 7) is 11.2. The van der Waals surface area contributed by atoms with E-state index in [-0.39, 0.29) is 5.41 Å². The first-order valence-corrected chi connectivity index (χ1v) is 8.41. The summed E-state index contributed by atoms with van der Waals surface area (Å²) in [5.41, 5.74) is 2.46. The van der Waals surface area contributed by atoms with Gasteiger partial charge in [-0.2, -0.15) is 0 Å². The first kappa shape index (κ1) is 19.0. The van der Waals surface area contributed by atoms with Crippen molar-refractivity contribution in [3.8, 4) is 5.75 Å². The molecule has 2 atom stereocenters. The lowest BCUT2D eigenvalue weighted by atomic mass is 9.85. The molecular formula is C19H32O3. The Kier molecular flexibility index (Phi) is 7.37. The van der Waals surface area contributed by atoms with Crippen molar-refractivity contribution in [2.75, 3.05) is 6.61 Å². The second kappa shape index (κ2) is 8.54. The summed E-state index contributed by atoms with van der Waals surface area (Å²) < 4.78 is 5.83. The first-order chi connectivity index (χ1) is 10.3. The van der Waals surface area contributed by atoms with Crippen molar-refractivity contribution < 1.29 is 14.9 Å². The summed E-state index contributed by atoms with van der Waals surface area (Å²) >= 11 is 0. The van der Waals surface area contributed by atoms with Crippen LogP contribution in [0, 0.1) is 0 Å². The van der Waals surface area contributed by atoms with Crippen LogP contribution < -0.4 is 4.74 Å². The molecule has 2 unspecified atom stereocenters. The van der Waals surface area contributed by atoms with Crippen molar-refractivity contribution in [3.63, 3.8) is 0 Å². The van der Waals surface area contributed by atoms with Gasteiger partial charge < -0.3 is 14.9 Å². The molecular weight excluding hydrogens is 276 g/mol. The van der Waals surface area contributed by atoms with Gasteiger partial charge in [-0.1, -0.05) is 46.8 Å². The topological polar surface area (TPSA) is 49.7 Å². The highest BCUT2D eigenvalue weighted by atomic mass is 16.5. The third-order valence-corrected chi connectivity index (χ3v) is 3.96. The molecule has 1 aromatic carbocycles. The van der Waals surface area contributed by atoms with Crippen LogP contribution in [-0.4, -0.2) is 29.0 Å². The van der Waals surface area contributed by atoms with Gasteiger partial charge in [0.25, 0.3) is 0 Å². The SMILES string of the molecule is CCCOc1ccc(C(C)(C)C)cc1CCC(O)C(O)CC. The molecule has 0 radical (unpaired) electrons. The maximum Gasteiger partial charge on any atom is 0.122 e. The zero-order valence-corrected chi connectivity index (χ0v) is 14.7. The highest BCUT2D eigenvalue weighted by molar-refractivity contribution is 5.40. The van der Waals surface area contributed by atoms with E-state index in [9.17, 15) is 10.2 Å². The number of aliphatic hydroxyl groups is 2. The van der Waals surface area contributed by atoms with Gasteiger partial charge in [-0.05, 0) is 48.3 Å². The Morgan fingerprint density at radius 3 is 2.32 bits per heavy atom. The van der Waals surface area contributed by atoms with E-state index in [0.717, 1.165) is 17.7 Å². The Hall–Kier alpha value is -1.06. The maximum absolute atomic E-state index is 9.98. The Morgan fingerprint density at radius 1 is 1.09 bits per heavy atom. The lowest BCUT2D eigenvalue weighted by Gasteiger charge is -2.22. The molecule has 0 saturated carbocycles. The summed E-state index contributed by atoms with van der Waals surface area (Å²) in [5.74, 6) is 0.896. The monoisotopic (exact) mass is 308 g/mol. The fourth-order valence-corrected chi connectivity index (χ4v) is 2.36. The highest BCUT2D eigenvalue weighted by Crippen LogP contribution is 2.29. The molecule has 1 rings (SSSR count). The predicted octanol–water partition coefficient (Wildman–Crippen LogP) is 3.84. The van der Waals surface area contributed by atoms with Gasteiger partial charge in [-0.3, -0.25) is 0 Å². The minimum absolute atomic E-state index is 0.0829. The molecule has 0 heterocycles. The quantitative estimate of drug-likeness (QED) is 0.767. The average Bonchev–Trinajstić information content (AvgIpc) is 2.48. The molecule has 0 spiro atoms. The van der Waals surface area contributed by atoms with Crippen LogP contribution >= 0.6 is 0 Å². The predicted molar refractivity (Wildman–Crippen MR) is 91.6 cm³/mol. The van der Waals surface area contributed by atoms with Crippen molar-refractivity contribution in [2.45, 2.75) is 77.9 Å². The zero-order valence-electron chi connectivity index (χ0n) is 14.7. The molecule has 3 heteroatoms. The molecule has 0 aliphatic heterocycles. The number of rotatable bonds is 8. The van der Waals surface area contributed by atoms with Gasteiger partial charge in [0.1, 0.15) is 5.75 Å². The van der Waals surface area contributed by atoms with E-state index in [1.54, 1.807) is 0 Å². The van der Waals surface area contributed by atoms with Gasteiger partial charge in [0.2, 0.25) is 0 Å². The Morgan fingerprint density at radius 2 is 1.77 bits per heavy atom. The van der Waals surface area contributed by atoms with Crippen molar-refractivity contribution >= 4 is 0 Å². The van der Waals surface area contributed by atoms with Gasteiger partial charge in [-0.25, -0.2) is 0 Å². The molecule has 22 heavy (non-hydrogen) atoms. The number of ether oxygens (including phenoxy) is 1. The third kappa shape index (κ3) is 5.62. The van der Waals surface area contributed by atoms with Crippen molar-refractivity contribution in [1.29, 1.82) is 0 Å².